The molecule has 4 heteroatoms. The highest BCUT2D eigenvalue weighted by Gasteiger charge is 2.05. The third-order valence-corrected chi connectivity index (χ3v) is 3.12. The minimum absolute atomic E-state index is 0.278. The molecule has 0 radical (unpaired) electrons. The van der Waals surface area contributed by atoms with Crippen LogP contribution in [-0.4, -0.2) is 24.4 Å². The van der Waals surface area contributed by atoms with Crippen LogP contribution in [0, 0.1) is 0 Å². The maximum Gasteiger partial charge on any atom is 0.119 e. The van der Waals surface area contributed by atoms with Crippen molar-refractivity contribution in [1.82, 2.24) is 5.32 Å². The molecule has 4 N–H and O–H groups in total. The van der Waals surface area contributed by atoms with Crippen LogP contribution >= 0.6 is 0 Å². The van der Waals surface area contributed by atoms with Crippen molar-refractivity contribution in [2.75, 3.05) is 13.2 Å². The molecule has 0 fully saturated rings. The quantitative estimate of drug-likeness (QED) is 0.690. The molecule has 0 bridgehead atoms. The lowest BCUT2D eigenvalue weighted by atomic mass is 10.1. The van der Waals surface area contributed by atoms with E-state index in [-0.39, 0.29) is 6.61 Å². The van der Waals surface area contributed by atoms with Gasteiger partial charge < -0.3 is 20.9 Å². The molecular weight excluding hydrogens is 264 g/mol. The Bertz CT molecular complexity index is 531. The number of nitrogens with two attached hydrogens (primary N) is 1. The number of aliphatic hydroxyl groups excluding tert-OH is 1. The SMILES string of the molecule is NCc1cccc(CNCC(O)COc2ccccc2)c1. The first kappa shape index (κ1) is 15.5. The highest BCUT2D eigenvalue weighted by Crippen LogP contribution is 2.08. The fraction of sp³-hybridized carbons (Fsp3) is 0.294. The first-order valence-electron chi connectivity index (χ1n) is 7.12. The van der Waals surface area contributed by atoms with Crippen LogP contribution in [0.25, 0.3) is 0 Å². The Morgan fingerprint density at radius 1 is 1.05 bits per heavy atom. The number of benzene rings is 2. The number of aliphatic hydroxyl groups is 1. The van der Waals surface area contributed by atoms with E-state index in [2.05, 4.69) is 11.4 Å². The predicted molar refractivity (Wildman–Crippen MR) is 84.0 cm³/mol. The van der Waals surface area contributed by atoms with E-state index in [0.717, 1.165) is 16.9 Å². The molecule has 4 nitrogen and oxygen atoms in total. The third kappa shape index (κ3) is 5.55. The summed E-state index contributed by atoms with van der Waals surface area (Å²) in [5, 5.41) is 13.1. The second-order valence-electron chi connectivity index (χ2n) is 4.93. The van der Waals surface area contributed by atoms with Crippen LogP contribution in [0.15, 0.2) is 54.6 Å². The van der Waals surface area contributed by atoms with Crippen molar-refractivity contribution < 1.29 is 9.84 Å². The minimum Gasteiger partial charge on any atom is -0.491 e. The molecule has 1 unspecified atom stereocenters. The molecule has 2 aromatic carbocycles. The van der Waals surface area contributed by atoms with Gasteiger partial charge in [0.15, 0.2) is 0 Å². The number of hydrogen-bond acceptors (Lipinski definition) is 4. The number of rotatable bonds is 8. The molecule has 0 saturated carbocycles. The summed E-state index contributed by atoms with van der Waals surface area (Å²) in [4.78, 5) is 0. The zero-order valence-corrected chi connectivity index (χ0v) is 12.0. The highest BCUT2D eigenvalue weighted by molar-refractivity contribution is 5.23. The van der Waals surface area contributed by atoms with E-state index >= 15 is 0 Å². The van der Waals surface area contributed by atoms with Crippen LogP contribution in [-0.2, 0) is 13.1 Å². The van der Waals surface area contributed by atoms with Gasteiger partial charge in [0.1, 0.15) is 18.5 Å². The Kier molecular flexibility index (Phi) is 6.22. The van der Waals surface area contributed by atoms with Gasteiger partial charge in [-0.1, -0.05) is 42.5 Å². The molecule has 0 amide bonds. The van der Waals surface area contributed by atoms with Crippen LogP contribution in [0.3, 0.4) is 0 Å². The summed E-state index contributed by atoms with van der Waals surface area (Å²) >= 11 is 0. The predicted octanol–water partition coefficient (Wildman–Crippen LogP) is 1.67. The van der Waals surface area contributed by atoms with Gasteiger partial charge in [0, 0.05) is 19.6 Å². The maximum atomic E-state index is 9.88. The smallest absolute Gasteiger partial charge is 0.119 e. The lowest BCUT2D eigenvalue weighted by Gasteiger charge is -2.13. The molecule has 1 atom stereocenters. The molecule has 0 aliphatic carbocycles. The normalized spacial score (nSPS) is 12.1. The van der Waals surface area contributed by atoms with Crippen molar-refractivity contribution in [1.29, 1.82) is 0 Å². The Hall–Kier alpha value is -1.88. The van der Waals surface area contributed by atoms with E-state index < -0.39 is 6.10 Å². The lowest BCUT2D eigenvalue weighted by Crippen LogP contribution is -2.31. The lowest BCUT2D eigenvalue weighted by molar-refractivity contribution is 0.106. The van der Waals surface area contributed by atoms with E-state index in [9.17, 15) is 5.11 Å². The molecule has 2 rings (SSSR count). The van der Waals surface area contributed by atoms with Gasteiger partial charge >= 0.3 is 0 Å². The Labute approximate surface area is 125 Å². The van der Waals surface area contributed by atoms with Gasteiger partial charge in [0.2, 0.25) is 0 Å². The summed E-state index contributed by atoms with van der Waals surface area (Å²) in [6.07, 6.45) is -0.539. The van der Waals surface area contributed by atoms with Crippen molar-refractivity contribution in [3.05, 3.63) is 65.7 Å². The zero-order valence-electron chi connectivity index (χ0n) is 12.0. The van der Waals surface area contributed by atoms with Gasteiger partial charge in [-0.05, 0) is 23.3 Å². The summed E-state index contributed by atoms with van der Waals surface area (Å²) in [5.74, 6) is 0.771. The summed E-state index contributed by atoms with van der Waals surface area (Å²) in [6.45, 7) is 2.01. The molecular formula is C17H22N2O2. The number of para-hydroxylation sites is 1. The second-order valence-corrected chi connectivity index (χ2v) is 4.93. The molecule has 112 valence electrons. The molecule has 0 aromatic heterocycles. The van der Waals surface area contributed by atoms with E-state index in [1.807, 2.05) is 48.5 Å². The van der Waals surface area contributed by atoms with Crippen LogP contribution in [0.1, 0.15) is 11.1 Å². The van der Waals surface area contributed by atoms with E-state index in [1.165, 1.54) is 0 Å². The Morgan fingerprint density at radius 3 is 2.57 bits per heavy atom. The Balaban J connectivity index is 1.68. The molecule has 0 aliphatic heterocycles. The molecule has 0 spiro atoms. The van der Waals surface area contributed by atoms with Gasteiger partial charge in [-0.25, -0.2) is 0 Å². The number of ether oxygens (including phenoxy) is 1. The fourth-order valence-corrected chi connectivity index (χ4v) is 2.02. The largest absolute Gasteiger partial charge is 0.491 e. The maximum absolute atomic E-state index is 9.88. The van der Waals surface area contributed by atoms with Crippen molar-refractivity contribution in [2.24, 2.45) is 5.73 Å². The van der Waals surface area contributed by atoms with Crippen LogP contribution in [0.4, 0.5) is 0 Å². The second kappa shape index (κ2) is 8.42. The van der Waals surface area contributed by atoms with Gasteiger partial charge in [-0.15, -0.1) is 0 Å². The average Bonchev–Trinajstić information content (AvgIpc) is 2.54. The van der Waals surface area contributed by atoms with Gasteiger partial charge in [0.05, 0.1) is 0 Å². The van der Waals surface area contributed by atoms with Crippen LogP contribution in [0.2, 0.25) is 0 Å². The first-order chi connectivity index (χ1) is 10.3. The van der Waals surface area contributed by atoms with Gasteiger partial charge in [-0.3, -0.25) is 0 Å². The van der Waals surface area contributed by atoms with Crippen LogP contribution in [0.5, 0.6) is 5.75 Å². The molecule has 0 aliphatic rings. The van der Waals surface area contributed by atoms with Crippen molar-refractivity contribution in [3.63, 3.8) is 0 Å². The summed E-state index contributed by atoms with van der Waals surface area (Å²) in [7, 11) is 0. The topological polar surface area (TPSA) is 67.5 Å². The monoisotopic (exact) mass is 286 g/mol. The zero-order chi connectivity index (χ0) is 14.9. The summed E-state index contributed by atoms with van der Waals surface area (Å²) < 4.78 is 5.50. The van der Waals surface area contributed by atoms with Gasteiger partial charge in [0.25, 0.3) is 0 Å². The average molecular weight is 286 g/mol. The third-order valence-electron chi connectivity index (χ3n) is 3.12. The molecule has 2 aromatic rings. The van der Waals surface area contributed by atoms with Crippen molar-refractivity contribution in [3.8, 4) is 5.75 Å². The Morgan fingerprint density at radius 2 is 1.81 bits per heavy atom. The van der Waals surface area contributed by atoms with E-state index in [4.69, 9.17) is 10.5 Å². The molecule has 0 heterocycles. The summed E-state index contributed by atoms with van der Waals surface area (Å²) in [6, 6.07) is 17.6. The van der Waals surface area contributed by atoms with E-state index in [0.29, 0.717) is 19.6 Å². The highest BCUT2D eigenvalue weighted by atomic mass is 16.5. The minimum atomic E-state index is -0.539. The van der Waals surface area contributed by atoms with E-state index in [1.54, 1.807) is 0 Å². The van der Waals surface area contributed by atoms with Crippen LogP contribution < -0.4 is 15.8 Å². The standard InChI is InChI=1S/C17H22N2O2/c18-10-14-5-4-6-15(9-14)11-19-12-16(20)13-21-17-7-2-1-3-8-17/h1-9,16,19-20H,10-13,18H2. The number of nitrogens with one attached hydrogen (secondary N) is 1. The molecule has 0 saturated heterocycles. The number of hydrogen-bond donors (Lipinski definition) is 3. The fourth-order valence-electron chi connectivity index (χ4n) is 2.02. The molecule has 21 heavy (non-hydrogen) atoms. The first-order valence-corrected chi connectivity index (χ1v) is 7.12. The van der Waals surface area contributed by atoms with Crippen molar-refractivity contribution in [2.45, 2.75) is 19.2 Å². The van der Waals surface area contributed by atoms with Crippen molar-refractivity contribution >= 4 is 0 Å². The van der Waals surface area contributed by atoms with Gasteiger partial charge in [-0.2, -0.15) is 0 Å². The summed E-state index contributed by atoms with van der Waals surface area (Å²) in [5.41, 5.74) is 7.89.